The molecule has 1 aromatic heterocycles. The van der Waals surface area contributed by atoms with E-state index in [0.29, 0.717) is 5.92 Å². The van der Waals surface area contributed by atoms with Gasteiger partial charge in [-0.1, -0.05) is 30.3 Å². The zero-order valence-corrected chi connectivity index (χ0v) is 11.6. The van der Waals surface area contributed by atoms with Gasteiger partial charge in [0.2, 0.25) is 0 Å². The second-order valence-electron chi connectivity index (χ2n) is 5.62. The molecule has 1 aliphatic heterocycles. The minimum Gasteiger partial charge on any atom is -0.391 e. The number of imidazole rings is 1. The lowest BCUT2D eigenvalue weighted by molar-refractivity contribution is 0.0183. The highest BCUT2D eigenvalue weighted by atomic mass is 16.3. The topological polar surface area (TPSA) is 52.1 Å². The summed E-state index contributed by atoms with van der Waals surface area (Å²) in [6, 6.07) is 10.4. The predicted octanol–water partition coefficient (Wildman–Crippen LogP) is 1.84. The molecule has 1 aliphatic rings. The number of nitrogens with zero attached hydrogens (tertiary/aromatic N) is 2. The first-order valence-electron chi connectivity index (χ1n) is 7.23. The van der Waals surface area contributed by atoms with E-state index in [1.807, 2.05) is 12.3 Å². The SMILES string of the molecule is O[C@@H]1CN(Cc2cnc[nH]2)CC[C@@H]1Cc1ccccc1. The quantitative estimate of drug-likeness (QED) is 0.892. The maximum absolute atomic E-state index is 10.4. The van der Waals surface area contributed by atoms with Crippen LogP contribution >= 0.6 is 0 Å². The van der Waals surface area contributed by atoms with Crippen molar-refractivity contribution in [1.29, 1.82) is 0 Å². The molecule has 0 spiro atoms. The summed E-state index contributed by atoms with van der Waals surface area (Å²) in [5.74, 6) is 0.371. The summed E-state index contributed by atoms with van der Waals surface area (Å²) >= 11 is 0. The summed E-state index contributed by atoms with van der Waals surface area (Å²) in [6.07, 6.45) is 5.33. The van der Waals surface area contributed by atoms with Crippen molar-refractivity contribution in [3.05, 3.63) is 54.1 Å². The summed E-state index contributed by atoms with van der Waals surface area (Å²) in [4.78, 5) is 9.44. The Morgan fingerprint density at radius 2 is 2.15 bits per heavy atom. The summed E-state index contributed by atoms with van der Waals surface area (Å²) < 4.78 is 0. The monoisotopic (exact) mass is 271 g/mol. The molecule has 1 aromatic carbocycles. The molecule has 3 rings (SSSR count). The zero-order chi connectivity index (χ0) is 13.8. The first-order chi connectivity index (χ1) is 9.81. The van der Waals surface area contributed by atoms with Crippen LogP contribution in [0.15, 0.2) is 42.9 Å². The molecule has 106 valence electrons. The van der Waals surface area contributed by atoms with Crippen LogP contribution in [0, 0.1) is 5.92 Å². The normalized spacial score (nSPS) is 23.9. The van der Waals surface area contributed by atoms with Gasteiger partial charge in [0.25, 0.3) is 0 Å². The van der Waals surface area contributed by atoms with Gasteiger partial charge in [0.15, 0.2) is 0 Å². The van der Waals surface area contributed by atoms with Gasteiger partial charge in [-0.2, -0.15) is 0 Å². The van der Waals surface area contributed by atoms with E-state index < -0.39 is 0 Å². The van der Waals surface area contributed by atoms with Crippen LogP contribution in [0.1, 0.15) is 17.7 Å². The van der Waals surface area contributed by atoms with Gasteiger partial charge in [-0.15, -0.1) is 0 Å². The highest BCUT2D eigenvalue weighted by molar-refractivity contribution is 5.15. The minimum atomic E-state index is -0.244. The van der Waals surface area contributed by atoms with E-state index in [1.54, 1.807) is 6.33 Å². The van der Waals surface area contributed by atoms with Gasteiger partial charge in [0.05, 0.1) is 12.4 Å². The molecule has 2 heterocycles. The van der Waals surface area contributed by atoms with Crippen molar-refractivity contribution in [2.24, 2.45) is 5.92 Å². The lowest BCUT2D eigenvalue weighted by atomic mass is 9.88. The van der Waals surface area contributed by atoms with Crippen LogP contribution in [-0.4, -0.2) is 39.2 Å². The van der Waals surface area contributed by atoms with Crippen LogP contribution in [-0.2, 0) is 13.0 Å². The molecule has 0 unspecified atom stereocenters. The first kappa shape index (κ1) is 13.3. The highest BCUT2D eigenvalue weighted by Gasteiger charge is 2.27. The number of piperidine rings is 1. The van der Waals surface area contributed by atoms with Crippen LogP contribution in [0.5, 0.6) is 0 Å². The Hall–Kier alpha value is -1.65. The Kier molecular flexibility index (Phi) is 4.14. The van der Waals surface area contributed by atoms with Crippen molar-refractivity contribution in [2.75, 3.05) is 13.1 Å². The molecular weight excluding hydrogens is 250 g/mol. The van der Waals surface area contributed by atoms with Crippen LogP contribution in [0.4, 0.5) is 0 Å². The van der Waals surface area contributed by atoms with Gasteiger partial charge in [-0.25, -0.2) is 4.98 Å². The molecular formula is C16H21N3O. The fourth-order valence-electron chi connectivity index (χ4n) is 2.96. The molecule has 2 N–H and O–H groups in total. The third-order valence-corrected chi connectivity index (χ3v) is 4.10. The largest absolute Gasteiger partial charge is 0.391 e. The Morgan fingerprint density at radius 3 is 2.85 bits per heavy atom. The van der Waals surface area contributed by atoms with Gasteiger partial charge in [-0.05, 0) is 30.9 Å². The summed E-state index contributed by atoms with van der Waals surface area (Å²) in [6.45, 7) is 2.62. The zero-order valence-electron chi connectivity index (χ0n) is 11.6. The van der Waals surface area contributed by atoms with Gasteiger partial charge < -0.3 is 10.1 Å². The van der Waals surface area contributed by atoms with Crippen molar-refractivity contribution in [3.63, 3.8) is 0 Å². The maximum atomic E-state index is 10.4. The second-order valence-corrected chi connectivity index (χ2v) is 5.62. The maximum Gasteiger partial charge on any atom is 0.0922 e. The predicted molar refractivity (Wildman–Crippen MR) is 78.1 cm³/mol. The number of aliphatic hydroxyl groups is 1. The van der Waals surface area contributed by atoms with E-state index in [0.717, 1.165) is 38.2 Å². The Labute approximate surface area is 119 Å². The van der Waals surface area contributed by atoms with Crippen LogP contribution in [0.2, 0.25) is 0 Å². The minimum absolute atomic E-state index is 0.244. The Bertz CT molecular complexity index is 512. The number of rotatable bonds is 4. The van der Waals surface area contributed by atoms with Crippen molar-refractivity contribution >= 4 is 0 Å². The summed E-state index contributed by atoms with van der Waals surface area (Å²) in [5.41, 5.74) is 2.43. The number of likely N-dealkylation sites (tertiary alicyclic amines) is 1. The lowest BCUT2D eigenvalue weighted by Crippen LogP contribution is -2.44. The fourth-order valence-corrected chi connectivity index (χ4v) is 2.96. The first-order valence-corrected chi connectivity index (χ1v) is 7.23. The molecule has 0 radical (unpaired) electrons. The van der Waals surface area contributed by atoms with Crippen molar-refractivity contribution in [2.45, 2.75) is 25.5 Å². The van der Waals surface area contributed by atoms with Crippen molar-refractivity contribution in [3.8, 4) is 0 Å². The van der Waals surface area contributed by atoms with Gasteiger partial charge >= 0.3 is 0 Å². The molecule has 4 heteroatoms. The number of aliphatic hydroxyl groups excluding tert-OH is 1. The van der Waals surface area contributed by atoms with Crippen LogP contribution in [0.25, 0.3) is 0 Å². The molecule has 1 fully saturated rings. The fraction of sp³-hybridized carbons (Fsp3) is 0.438. The van der Waals surface area contributed by atoms with E-state index in [2.05, 4.69) is 39.1 Å². The van der Waals surface area contributed by atoms with Crippen molar-refractivity contribution in [1.82, 2.24) is 14.9 Å². The molecule has 20 heavy (non-hydrogen) atoms. The second kappa shape index (κ2) is 6.20. The average Bonchev–Trinajstić information content (AvgIpc) is 2.96. The summed E-state index contributed by atoms with van der Waals surface area (Å²) in [7, 11) is 0. The number of aromatic nitrogens is 2. The number of benzene rings is 1. The lowest BCUT2D eigenvalue weighted by Gasteiger charge is -2.35. The number of hydrogen-bond acceptors (Lipinski definition) is 3. The standard InChI is InChI=1S/C16H21N3O/c20-16-11-19(10-15-9-17-12-18-15)7-6-14(16)8-13-4-2-1-3-5-13/h1-5,9,12,14,16,20H,6-8,10-11H2,(H,17,18)/t14-,16-/m1/s1. The average molecular weight is 271 g/mol. The van der Waals surface area contributed by atoms with Gasteiger partial charge in [-0.3, -0.25) is 4.90 Å². The van der Waals surface area contributed by atoms with E-state index in [4.69, 9.17) is 0 Å². The van der Waals surface area contributed by atoms with Gasteiger partial charge in [0.1, 0.15) is 0 Å². The number of nitrogens with one attached hydrogen (secondary N) is 1. The van der Waals surface area contributed by atoms with Crippen molar-refractivity contribution < 1.29 is 5.11 Å². The van der Waals surface area contributed by atoms with Gasteiger partial charge in [0, 0.05) is 25.0 Å². The van der Waals surface area contributed by atoms with Crippen LogP contribution < -0.4 is 0 Å². The molecule has 1 saturated heterocycles. The number of β-amino-alcohol motifs (C(OH)–C–C–N with tert-alkyl or cyclic N) is 1. The molecule has 0 bridgehead atoms. The third-order valence-electron chi connectivity index (χ3n) is 4.10. The van der Waals surface area contributed by atoms with E-state index in [-0.39, 0.29) is 6.10 Å². The highest BCUT2D eigenvalue weighted by Crippen LogP contribution is 2.23. The molecule has 0 saturated carbocycles. The summed E-state index contributed by atoms with van der Waals surface area (Å²) in [5, 5.41) is 10.4. The number of aromatic amines is 1. The van der Waals surface area contributed by atoms with Crippen LogP contribution in [0.3, 0.4) is 0 Å². The number of hydrogen-bond donors (Lipinski definition) is 2. The Balaban J connectivity index is 1.54. The van der Waals surface area contributed by atoms with E-state index in [9.17, 15) is 5.11 Å². The third kappa shape index (κ3) is 3.26. The Morgan fingerprint density at radius 1 is 1.30 bits per heavy atom. The van der Waals surface area contributed by atoms with E-state index in [1.165, 1.54) is 5.56 Å². The molecule has 4 nitrogen and oxygen atoms in total. The van der Waals surface area contributed by atoms with E-state index >= 15 is 0 Å². The molecule has 0 amide bonds. The molecule has 0 aliphatic carbocycles. The smallest absolute Gasteiger partial charge is 0.0922 e. The molecule has 2 aromatic rings. The molecule has 2 atom stereocenters. The number of H-pyrrole nitrogens is 1.